The van der Waals surface area contributed by atoms with E-state index < -0.39 is 0 Å². The number of rotatable bonds is 3. The van der Waals surface area contributed by atoms with Crippen LogP contribution in [0.4, 0.5) is 5.69 Å². The molecule has 2 amide bonds. The number of hydrogen-bond acceptors (Lipinski definition) is 4. The third-order valence-corrected chi connectivity index (χ3v) is 5.31. The van der Waals surface area contributed by atoms with Gasteiger partial charge >= 0.3 is 0 Å². The van der Waals surface area contributed by atoms with Gasteiger partial charge in [-0.2, -0.15) is 0 Å². The zero-order valence-corrected chi connectivity index (χ0v) is 14.2. The highest BCUT2D eigenvalue weighted by atomic mass is 32.2. The van der Waals surface area contributed by atoms with E-state index in [4.69, 9.17) is 4.74 Å². The van der Waals surface area contributed by atoms with E-state index in [0.717, 1.165) is 16.3 Å². The summed E-state index contributed by atoms with van der Waals surface area (Å²) in [6, 6.07) is 8.05. The van der Waals surface area contributed by atoms with Crippen LogP contribution in [-0.2, 0) is 14.3 Å². The number of carbonyl (C=O) groups excluding carboxylic acids is 2. The molecule has 0 unspecified atom stereocenters. The summed E-state index contributed by atoms with van der Waals surface area (Å²) >= 11 is 1.77. The van der Waals surface area contributed by atoms with Crippen molar-refractivity contribution >= 4 is 29.3 Å². The predicted octanol–water partition coefficient (Wildman–Crippen LogP) is 2.15. The highest BCUT2D eigenvalue weighted by Crippen LogP contribution is 2.34. The fourth-order valence-corrected chi connectivity index (χ4v) is 4.01. The molecule has 1 saturated heterocycles. The van der Waals surface area contributed by atoms with Crippen LogP contribution in [0.3, 0.4) is 0 Å². The molecule has 124 valence electrons. The van der Waals surface area contributed by atoms with Crippen LogP contribution >= 0.6 is 11.8 Å². The number of morpholine rings is 1. The van der Waals surface area contributed by atoms with Gasteiger partial charge in [0, 0.05) is 36.6 Å². The molecule has 0 bridgehead atoms. The molecule has 3 rings (SSSR count). The fraction of sp³-hybridized carbons (Fsp3) is 0.529. The summed E-state index contributed by atoms with van der Waals surface area (Å²) in [5.41, 5.74) is 0.973. The number of benzene rings is 1. The highest BCUT2D eigenvalue weighted by Gasteiger charge is 2.26. The van der Waals surface area contributed by atoms with Crippen LogP contribution in [0.2, 0.25) is 0 Å². The zero-order valence-electron chi connectivity index (χ0n) is 13.4. The lowest BCUT2D eigenvalue weighted by molar-refractivity contribution is -0.140. The first kappa shape index (κ1) is 16.3. The van der Waals surface area contributed by atoms with E-state index in [1.54, 1.807) is 11.8 Å². The van der Waals surface area contributed by atoms with Crippen molar-refractivity contribution in [2.24, 2.45) is 0 Å². The van der Waals surface area contributed by atoms with Crippen molar-refractivity contribution in [3.05, 3.63) is 24.3 Å². The summed E-state index contributed by atoms with van der Waals surface area (Å²) in [6.45, 7) is 4.48. The number of para-hydroxylation sites is 1. The molecule has 0 aromatic heterocycles. The van der Waals surface area contributed by atoms with Gasteiger partial charge in [-0.25, -0.2) is 0 Å². The molecule has 1 fully saturated rings. The molecular weight excluding hydrogens is 312 g/mol. The first-order valence-electron chi connectivity index (χ1n) is 8.06. The summed E-state index contributed by atoms with van der Waals surface area (Å²) in [4.78, 5) is 29.7. The summed E-state index contributed by atoms with van der Waals surface area (Å²) < 4.78 is 5.35. The van der Waals surface area contributed by atoms with Gasteiger partial charge in [-0.15, -0.1) is 11.8 Å². The van der Waals surface area contributed by atoms with Crippen molar-refractivity contribution < 1.29 is 14.3 Å². The van der Waals surface area contributed by atoms with Crippen molar-refractivity contribution in [1.29, 1.82) is 0 Å². The average Bonchev–Trinajstić information content (AvgIpc) is 2.59. The Morgan fingerprint density at radius 1 is 1.22 bits per heavy atom. The van der Waals surface area contributed by atoms with Crippen molar-refractivity contribution in [2.75, 3.05) is 37.0 Å². The molecule has 0 N–H and O–H groups in total. The maximum Gasteiger partial charge on any atom is 0.227 e. The van der Waals surface area contributed by atoms with Crippen LogP contribution in [0.15, 0.2) is 29.2 Å². The molecule has 0 saturated carbocycles. The second-order valence-electron chi connectivity index (χ2n) is 5.87. The second kappa shape index (κ2) is 7.36. The van der Waals surface area contributed by atoms with E-state index in [9.17, 15) is 9.59 Å². The third-order valence-electron chi connectivity index (χ3n) is 4.27. The van der Waals surface area contributed by atoms with Crippen molar-refractivity contribution in [3.8, 4) is 0 Å². The maximum atomic E-state index is 12.6. The topological polar surface area (TPSA) is 49.9 Å². The molecule has 0 spiro atoms. The number of amides is 2. The van der Waals surface area contributed by atoms with Gasteiger partial charge in [0.25, 0.3) is 0 Å². The minimum Gasteiger partial charge on any atom is -0.377 e. The van der Waals surface area contributed by atoms with Gasteiger partial charge < -0.3 is 14.5 Å². The van der Waals surface area contributed by atoms with Crippen molar-refractivity contribution in [1.82, 2.24) is 4.90 Å². The number of thioether (sulfide) groups is 1. The summed E-state index contributed by atoms with van der Waals surface area (Å²) in [7, 11) is 0. The SMILES string of the molecule is C[C@@H]1COCCN1C(=O)CCC(=O)N1CCSc2ccccc21. The Balaban J connectivity index is 1.59. The van der Waals surface area contributed by atoms with Gasteiger partial charge in [0.05, 0.1) is 24.9 Å². The molecule has 1 aromatic rings. The maximum absolute atomic E-state index is 12.6. The van der Waals surface area contributed by atoms with Gasteiger partial charge in [0.15, 0.2) is 0 Å². The van der Waals surface area contributed by atoms with Crippen LogP contribution in [0.5, 0.6) is 0 Å². The molecule has 2 aliphatic rings. The average molecular weight is 334 g/mol. The third kappa shape index (κ3) is 3.70. The zero-order chi connectivity index (χ0) is 16.2. The second-order valence-corrected chi connectivity index (χ2v) is 7.01. The van der Waals surface area contributed by atoms with E-state index in [1.165, 1.54) is 0 Å². The summed E-state index contributed by atoms with van der Waals surface area (Å²) in [5.74, 6) is 0.984. The molecule has 2 aliphatic heterocycles. The standard InChI is InChI=1S/C17H22N2O3S/c1-13-12-22-10-8-18(13)16(20)6-7-17(21)19-9-11-23-15-5-3-2-4-14(15)19/h2-5,13H,6-12H2,1H3/t13-/m1/s1. The number of nitrogens with zero attached hydrogens (tertiary/aromatic N) is 2. The molecule has 5 nitrogen and oxygen atoms in total. The number of carbonyl (C=O) groups is 2. The Labute approximate surface area is 141 Å². The van der Waals surface area contributed by atoms with Gasteiger partial charge in [-0.1, -0.05) is 12.1 Å². The van der Waals surface area contributed by atoms with Gasteiger partial charge in [-0.05, 0) is 19.1 Å². The molecular formula is C17H22N2O3S. The van der Waals surface area contributed by atoms with Crippen molar-refractivity contribution in [2.45, 2.75) is 30.7 Å². The summed E-state index contributed by atoms with van der Waals surface area (Å²) in [6.07, 6.45) is 0.539. The lowest BCUT2D eigenvalue weighted by Gasteiger charge is -2.33. The lowest BCUT2D eigenvalue weighted by atomic mass is 10.2. The molecule has 0 aliphatic carbocycles. The minimum atomic E-state index is 0.0343. The fourth-order valence-electron chi connectivity index (χ4n) is 3.02. The number of ether oxygens (including phenoxy) is 1. The monoisotopic (exact) mass is 334 g/mol. The van der Waals surface area contributed by atoms with Crippen LogP contribution in [-0.4, -0.2) is 54.8 Å². The van der Waals surface area contributed by atoms with Crippen LogP contribution in [0.25, 0.3) is 0 Å². The number of hydrogen-bond donors (Lipinski definition) is 0. The molecule has 1 aromatic carbocycles. The minimum absolute atomic E-state index is 0.0343. The first-order chi connectivity index (χ1) is 11.2. The molecule has 2 heterocycles. The largest absolute Gasteiger partial charge is 0.377 e. The van der Waals surface area contributed by atoms with Crippen LogP contribution in [0.1, 0.15) is 19.8 Å². The van der Waals surface area contributed by atoms with Crippen LogP contribution in [0, 0.1) is 0 Å². The van der Waals surface area contributed by atoms with E-state index >= 15 is 0 Å². The van der Waals surface area contributed by atoms with Gasteiger partial charge in [0.2, 0.25) is 11.8 Å². The Hall–Kier alpha value is -1.53. The number of anilines is 1. The van der Waals surface area contributed by atoms with Crippen LogP contribution < -0.4 is 4.90 Å². The molecule has 0 radical (unpaired) electrons. The Kier molecular flexibility index (Phi) is 5.23. The van der Waals surface area contributed by atoms with Gasteiger partial charge in [0.1, 0.15) is 0 Å². The van der Waals surface area contributed by atoms with Gasteiger partial charge in [-0.3, -0.25) is 9.59 Å². The highest BCUT2D eigenvalue weighted by molar-refractivity contribution is 7.99. The molecule has 1 atom stereocenters. The Bertz CT molecular complexity index is 593. The van der Waals surface area contributed by atoms with E-state index in [-0.39, 0.29) is 30.7 Å². The molecule has 23 heavy (non-hydrogen) atoms. The quantitative estimate of drug-likeness (QED) is 0.850. The first-order valence-corrected chi connectivity index (χ1v) is 9.05. The van der Waals surface area contributed by atoms with E-state index in [0.29, 0.717) is 26.3 Å². The number of fused-ring (bicyclic) bond motifs is 1. The normalized spacial score (nSPS) is 21.0. The van der Waals surface area contributed by atoms with E-state index in [1.807, 2.05) is 41.0 Å². The smallest absolute Gasteiger partial charge is 0.227 e. The lowest BCUT2D eigenvalue weighted by Crippen LogP contribution is -2.47. The predicted molar refractivity (Wildman–Crippen MR) is 90.7 cm³/mol. The molecule has 6 heteroatoms. The Morgan fingerprint density at radius 2 is 2.00 bits per heavy atom. The Morgan fingerprint density at radius 3 is 2.83 bits per heavy atom. The van der Waals surface area contributed by atoms with Crippen molar-refractivity contribution in [3.63, 3.8) is 0 Å². The van der Waals surface area contributed by atoms with E-state index in [2.05, 4.69) is 0 Å². The summed E-state index contributed by atoms with van der Waals surface area (Å²) in [5, 5.41) is 0.